The summed E-state index contributed by atoms with van der Waals surface area (Å²) >= 11 is 0. The highest BCUT2D eigenvalue weighted by molar-refractivity contribution is 5.82. The van der Waals surface area contributed by atoms with E-state index in [1.165, 1.54) is 17.9 Å². The minimum absolute atomic E-state index is 0.0228. The molecule has 0 bridgehead atoms. The fraction of sp³-hybridized carbons (Fsp3) is 0.600. The average Bonchev–Trinajstić information content (AvgIpc) is 2.96. The number of rotatable bonds is 3. The van der Waals surface area contributed by atoms with E-state index in [-0.39, 0.29) is 12.4 Å². The number of alkyl halides is 4. The van der Waals surface area contributed by atoms with Crippen LogP contribution in [0.5, 0.6) is 0 Å². The molecule has 1 saturated heterocycles. The van der Waals surface area contributed by atoms with Gasteiger partial charge in [-0.1, -0.05) is 0 Å². The van der Waals surface area contributed by atoms with Crippen molar-refractivity contribution in [3.8, 4) is 0 Å². The number of hydrogen-bond donors (Lipinski definition) is 3. The molecule has 3 heterocycles. The Labute approximate surface area is 147 Å². The molecule has 3 atom stereocenters. The van der Waals surface area contributed by atoms with E-state index in [0.29, 0.717) is 30.5 Å². The quantitative estimate of drug-likeness (QED) is 0.691. The Morgan fingerprint density at radius 1 is 1.46 bits per heavy atom. The summed E-state index contributed by atoms with van der Waals surface area (Å²) in [5.41, 5.74) is 6.14. The SMILES string of the molecule is CNC1=C(C(F)(F)F)C=NC(N)(c2cnn(C3CCOCC3F)c2C)N1. The lowest BCUT2D eigenvalue weighted by atomic mass is 10.0. The molecule has 7 nitrogen and oxygen atoms in total. The summed E-state index contributed by atoms with van der Waals surface area (Å²) in [5, 5.41) is 9.23. The Morgan fingerprint density at radius 3 is 2.81 bits per heavy atom. The van der Waals surface area contributed by atoms with E-state index >= 15 is 0 Å². The van der Waals surface area contributed by atoms with Crippen LogP contribution in [-0.2, 0) is 10.5 Å². The van der Waals surface area contributed by atoms with E-state index in [1.807, 2.05) is 0 Å². The third kappa shape index (κ3) is 3.16. The predicted molar refractivity (Wildman–Crippen MR) is 86.0 cm³/mol. The van der Waals surface area contributed by atoms with Crippen LogP contribution in [0.15, 0.2) is 22.6 Å². The van der Waals surface area contributed by atoms with Gasteiger partial charge in [0.15, 0.2) is 0 Å². The third-order valence-corrected chi connectivity index (χ3v) is 4.56. The maximum Gasteiger partial charge on any atom is 0.421 e. The zero-order valence-electron chi connectivity index (χ0n) is 14.3. The van der Waals surface area contributed by atoms with E-state index in [1.54, 1.807) is 6.92 Å². The molecule has 2 aliphatic heterocycles. The molecule has 1 aromatic rings. The first-order valence-corrected chi connectivity index (χ1v) is 8.05. The highest BCUT2D eigenvalue weighted by Crippen LogP contribution is 2.33. The third-order valence-electron chi connectivity index (χ3n) is 4.56. The molecule has 2 aliphatic rings. The number of hydrogen-bond acceptors (Lipinski definition) is 6. The van der Waals surface area contributed by atoms with Crippen molar-refractivity contribution in [3.05, 3.63) is 28.8 Å². The van der Waals surface area contributed by atoms with Gasteiger partial charge in [0.05, 0.1) is 24.4 Å². The van der Waals surface area contributed by atoms with Gasteiger partial charge in [0.1, 0.15) is 17.6 Å². The minimum atomic E-state index is -4.58. The monoisotopic (exact) mass is 376 g/mol. The number of allylic oxidation sites excluding steroid dienone is 1. The van der Waals surface area contributed by atoms with Crippen LogP contribution in [0.2, 0.25) is 0 Å². The number of aromatic nitrogens is 2. The van der Waals surface area contributed by atoms with E-state index in [4.69, 9.17) is 10.5 Å². The lowest BCUT2D eigenvalue weighted by molar-refractivity contribution is -0.0875. The van der Waals surface area contributed by atoms with Crippen molar-refractivity contribution in [2.45, 2.75) is 37.5 Å². The summed E-state index contributed by atoms with van der Waals surface area (Å²) in [6.07, 6.45) is -3.29. The molecule has 11 heteroatoms. The number of aliphatic imine (C=N–C) groups is 1. The topological polar surface area (TPSA) is 89.5 Å². The standard InChI is InChI=1S/C15H20F4N6O/c1-8-9(6-23-25(8)12-3-4-26-7-11(12)16)15(20)22-5-10(14(17,18)19)13(21-2)24-15/h5-6,11-12,21,24H,3-4,7,20H2,1-2H3. The molecule has 0 spiro atoms. The Balaban J connectivity index is 1.93. The number of halogens is 4. The highest BCUT2D eigenvalue weighted by Gasteiger charge is 2.42. The maximum absolute atomic E-state index is 14.2. The molecular formula is C15H20F4N6O. The van der Waals surface area contributed by atoms with Crippen LogP contribution in [0.1, 0.15) is 23.7 Å². The summed E-state index contributed by atoms with van der Waals surface area (Å²) in [5.74, 6) is -1.94. The van der Waals surface area contributed by atoms with Gasteiger partial charge >= 0.3 is 6.18 Å². The molecule has 0 amide bonds. The lowest BCUT2D eigenvalue weighted by Crippen LogP contribution is -2.54. The summed E-state index contributed by atoms with van der Waals surface area (Å²) < 4.78 is 59.9. The number of nitrogens with two attached hydrogens (primary N) is 1. The van der Waals surface area contributed by atoms with Gasteiger partial charge in [-0.25, -0.2) is 9.38 Å². The fourth-order valence-electron chi connectivity index (χ4n) is 3.17. The Kier molecular flexibility index (Phi) is 4.69. The van der Waals surface area contributed by atoms with Crippen LogP contribution < -0.4 is 16.4 Å². The summed E-state index contributed by atoms with van der Waals surface area (Å²) in [6, 6.07) is -0.515. The van der Waals surface area contributed by atoms with Gasteiger partial charge in [0, 0.05) is 25.6 Å². The van der Waals surface area contributed by atoms with Crippen molar-refractivity contribution < 1.29 is 22.3 Å². The van der Waals surface area contributed by atoms with Crippen LogP contribution in [0, 0.1) is 6.92 Å². The molecule has 0 radical (unpaired) electrons. The van der Waals surface area contributed by atoms with Crippen LogP contribution in [0.3, 0.4) is 0 Å². The van der Waals surface area contributed by atoms with E-state index in [0.717, 1.165) is 0 Å². The van der Waals surface area contributed by atoms with E-state index in [9.17, 15) is 17.6 Å². The van der Waals surface area contributed by atoms with Crippen LogP contribution in [0.25, 0.3) is 0 Å². The molecule has 0 aromatic carbocycles. The number of nitrogens with zero attached hydrogens (tertiary/aromatic N) is 3. The normalized spacial score (nSPS) is 29.7. The first-order valence-electron chi connectivity index (χ1n) is 8.05. The van der Waals surface area contributed by atoms with Gasteiger partial charge in [-0.15, -0.1) is 0 Å². The van der Waals surface area contributed by atoms with Gasteiger partial charge in [0.2, 0.25) is 5.79 Å². The second-order valence-electron chi connectivity index (χ2n) is 6.22. The smallest absolute Gasteiger partial charge is 0.378 e. The van der Waals surface area contributed by atoms with Crippen molar-refractivity contribution >= 4 is 6.21 Å². The molecule has 1 fully saturated rings. The lowest BCUT2D eigenvalue weighted by Gasteiger charge is -2.33. The average molecular weight is 376 g/mol. The zero-order valence-corrected chi connectivity index (χ0v) is 14.3. The van der Waals surface area contributed by atoms with Gasteiger partial charge in [-0.2, -0.15) is 18.3 Å². The summed E-state index contributed by atoms with van der Waals surface area (Å²) in [7, 11) is 1.35. The van der Waals surface area contributed by atoms with Gasteiger partial charge < -0.3 is 15.4 Å². The second kappa shape index (κ2) is 6.54. The molecule has 3 unspecified atom stereocenters. The molecule has 1 aromatic heterocycles. The van der Waals surface area contributed by atoms with Crippen molar-refractivity contribution in [3.63, 3.8) is 0 Å². The van der Waals surface area contributed by atoms with Crippen molar-refractivity contribution in [2.75, 3.05) is 20.3 Å². The molecule has 0 saturated carbocycles. The summed E-state index contributed by atoms with van der Waals surface area (Å²) in [4.78, 5) is 3.87. The van der Waals surface area contributed by atoms with E-state index in [2.05, 4.69) is 20.7 Å². The molecule has 3 rings (SSSR count). The Bertz CT molecular complexity index is 743. The van der Waals surface area contributed by atoms with Crippen molar-refractivity contribution in [2.24, 2.45) is 10.7 Å². The van der Waals surface area contributed by atoms with Crippen LogP contribution >= 0.6 is 0 Å². The number of nitrogens with one attached hydrogen (secondary N) is 2. The highest BCUT2D eigenvalue weighted by atomic mass is 19.4. The molecular weight excluding hydrogens is 356 g/mol. The van der Waals surface area contributed by atoms with Crippen molar-refractivity contribution in [1.29, 1.82) is 0 Å². The van der Waals surface area contributed by atoms with Crippen LogP contribution in [-0.4, -0.2) is 48.6 Å². The minimum Gasteiger partial charge on any atom is -0.378 e. The van der Waals surface area contributed by atoms with E-state index < -0.39 is 29.7 Å². The zero-order chi connectivity index (χ0) is 19.1. The van der Waals surface area contributed by atoms with Crippen molar-refractivity contribution in [1.82, 2.24) is 20.4 Å². The van der Waals surface area contributed by atoms with Gasteiger partial charge in [-0.3, -0.25) is 10.4 Å². The van der Waals surface area contributed by atoms with Gasteiger partial charge in [0.25, 0.3) is 0 Å². The van der Waals surface area contributed by atoms with Crippen LogP contribution in [0.4, 0.5) is 17.6 Å². The molecule has 26 heavy (non-hydrogen) atoms. The number of ether oxygens (including phenoxy) is 1. The predicted octanol–water partition coefficient (Wildman–Crippen LogP) is 1.23. The largest absolute Gasteiger partial charge is 0.421 e. The molecule has 4 N–H and O–H groups in total. The Hall–Kier alpha value is -2.14. The molecule has 0 aliphatic carbocycles. The molecule has 144 valence electrons. The Morgan fingerprint density at radius 2 is 2.19 bits per heavy atom. The summed E-state index contributed by atoms with van der Waals surface area (Å²) in [6.45, 7) is 2.06. The maximum atomic E-state index is 14.2. The second-order valence-corrected chi connectivity index (χ2v) is 6.22. The fourth-order valence-corrected chi connectivity index (χ4v) is 3.17. The van der Waals surface area contributed by atoms with Gasteiger partial charge in [-0.05, 0) is 13.3 Å². The first kappa shape index (κ1) is 18.6. The first-order chi connectivity index (χ1) is 12.2.